The van der Waals surface area contributed by atoms with Gasteiger partial charge in [-0.25, -0.2) is 0 Å². The Balaban J connectivity index is 1.62. The second-order valence-corrected chi connectivity index (χ2v) is 8.55. The van der Waals surface area contributed by atoms with Crippen LogP contribution in [-0.2, 0) is 9.47 Å². The monoisotopic (exact) mass is 351 g/mol. The van der Waals surface area contributed by atoms with Crippen molar-refractivity contribution in [3.8, 4) is 0 Å². The van der Waals surface area contributed by atoms with Crippen LogP contribution in [0.2, 0.25) is 0 Å². The maximum atomic E-state index is 6.00. The van der Waals surface area contributed by atoms with E-state index in [0.29, 0.717) is 0 Å². The Hall–Kier alpha value is -0.810. The molecule has 144 valence electrons. The van der Waals surface area contributed by atoms with Crippen LogP contribution in [0.1, 0.15) is 59.3 Å². The van der Waals surface area contributed by atoms with Gasteiger partial charge >= 0.3 is 0 Å². The predicted octanol–water partition coefficient (Wildman–Crippen LogP) is 3.05. The van der Waals surface area contributed by atoms with Gasteiger partial charge in [0.25, 0.3) is 0 Å². The molecule has 0 amide bonds. The van der Waals surface area contributed by atoms with Crippen molar-refractivity contribution >= 4 is 5.96 Å². The summed E-state index contributed by atoms with van der Waals surface area (Å²) in [6.07, 6.45) is 8.27. The molecule has 5 heteroatoms. The highest BCUT2D eigenvalue weighted by Crippen LogP contribution is 2.39. The zero-order valence-electron chi connectivity index (χ0n) is 16.4. The molecule has 2 unspecified atom stereocenters. The third kappa shape index (κ3) is 4.88. The summed E-state index contributed by atoms with van der Waals surface area (Å²) in [5.74, 6) is 1.88. The first-order valence-corrected chi connectivity index (χ1v) is 10.4. The highest BCUT2D eigenvalue weighted by molar-refractivity contribution is 5.80. The lowest BCUT2D eigenvalue weighted by Gasteiger charge is -2.38. The van der Waals surface area contributed by atoms with Crippen LogP contribution in [0.4, 0.5) is 0 Å². The van der Waals surface area contributed by atoms with E-state index in [2.05, 4.69) is 31.0 Å². The zero-order valence-corrected chi connectivity index (χ0v) is 16.4. The third-order valence-electron chi connectivity index (χ3n) is 6.20. The lowest BCUT2D eigenvalue weighted by atomic mass is 9.78. The first-order valence-electron chi connectivity index (χ1n) is 10.4. The third-order valence-corrected chi connectivity index (χ3v) is 6.20. The highest BCUT2D eigenvalue weighted by atomic mass is 16.5. The SMILES string of the molecule is CCNC(=NCC(C)(C)C1CCCC1)N1CCOC(C2CCCO2)C1. The van der Waals surface area contributed by atoms with Crippen molar-refractivity contribution in [1.29, 1.82) is 0 Å². The van der Waals surface area contributed by atoms with Crippen molar-refractivity contribution in [2.75, 3.05) is 39.4 Å². The Morgan fingerprint density at radius 1 is 1.08 bits per heavy atom. The Morgan fingerprint density at radius 3 is 2.52 bits per heavy atom. The molecule has 2 aliphatic heterocycles. The van der Waals surface area contributed by atoms with E-state index in [-0.39, 0.29) is 17.6 Å². The minimum Gasteiger partial charge on any atom is -0.375 e. The Labute approximate surface area is 153 Å². The molecule has 5 nitrogen and oxygen atoms in total. The van der Waals surface area contributed by atoms with Gasteiger partial charge in [0.05, 0.1) is 12.7 Å². The van der Waals surface area contributed by atoms with E-state index >= 15 is 0 Å². The largest absolute Gasteiger partial charge is 0.375 e. The summed E-state index contributed by atoms with van der Waals surface area (Å²) in [6, 6.07) is 0. The molecular formula is C20H37N3O2. The van der Waals surface area contributed by atoms with E-state index in [0.717, 1.165) is 64.1 Å². The Kier molecular flexibility index (Phi) is 6.61. The molecule has 3 fully saturated rings. The number of hydrogen-bond acceptors (Lipinski definition) is 3. The summed E-state index contributed by atoms with van der Waals surface area (Å²) in [4.78, 5) is 7.43. The second-order valence-electron chi connectivity index (χ2n) is 8.55. The van der Waals surface area contributed by atoms with Gasteiger partial charge in [-0.2, -0.15) is 0 Å². The Morgan fingerprint density at radius 2 is 1.84 bits per heavy atom. The maximum Gasteiger partial charge on any atom is 0.194 e. The van der Waals surface area contributed by atoms with Crippen LogP contribution < -0.4 is 5.32 Å². The highest BCUT2D eigenvalue weighted by Gasteiger charge is 2.34. The summed E-state index contributed by atoms with van der Waals surface area (Å²) < 4.78 is 11.8. The molecule has 0 spiro atoms. The van der Waals surface area contributed by atoms with Crippen molar-refractivity contribution in [3.63, 3.8) is 0 Å². The number of rotatable bonds is 5. The number of morpholine rings is 1. The lowest BCUT2D eigenvalue weighted by Crippen LogP contribution is -2.53. The first-order chi connectivity index (χ1) is 12.1. The van der Waals surface area contributed by atoms with Crippen LogP contribution in [0.5, 0.6) is 0 Å². The van der Waals surface area contributed by atoms with Gasteiger partial charge in [0.15, 0.2) is 5.96 Å². The second kappa shape index (κ2) is 8.72. The lowest BCUT2D eigenvalue weighted by molar-refractivity contribution is -0.0817. The van der Waals surface area contributed by atoms with E-state index in [1.54, 1.807) is 0 Å². The van der Waals surface area contributed by atoms with Crippen molar-refractivity contribution in [2.24, 2.45) is 16.3 Å². The summed E-state index contributed by atoms with van der Waals surface area (Å²) in [6.45, 7) is 12.2. The van der Waals surface area contributed by atoms with E-state index in [1.807, 2.05) is 0 Å². The zero-order chi connectivity index (χ0) is 17.7. The standard InChI is InChI=1S/C20H37N3O2/c1-4-21-19(22-15-20(2,3)16-8-5-6-9-16)23-11-13-25-18(14-23)17-10-7-12-24-17/h16-18H,4-15H2,1-3H3,(H,21,22). The smallest absolute Gasteiger partial charge is 0.194 e. The van der Waals surface area contributed by atoms with Crippen molar-refractivity contribution in [2.45, 2.75) is 71.5 Å². The molecule has 0 aromatic carbocycles. The number of aliphatic imine (C=N–C) groups is 1. The molecule has 0 aromatic rings. The fourth-order valence-electron chi connectivity index (χ4n) is 4.53. The van der Waals surface area contributed by atoms with Crippen LogP contribution in [0.3, 0.4) is 0 Å². The Bertz CT molecular complexity index is 440. The molecule has 0 radical (unpaired) electrons. The van der Waals surface area contributed by atoms with Gasteiger partial charge < -0.3 is 19.7 Å². The molecular weight excluding hydrogens is 314 g/mol. The van der Waals surface area contributed by atoms with Crippen LogP contribution >= 0.6 is 0 Å². The quantitative estimate of drug-likeness (QED) is 0.611. The van der Waals surface area contributed by atoms with E-state index in [4.69, 9.17) is 14.5 Å². The van der Waals surface area contributed by atoms with Crippen molar-refractivity contribution in [1.82, 2.24) is 10.2 Å². The molecule has 25 heavy (non-hydrogen) atoms. The van der Waals surface area contributed by atoms with Crippen LogP contribution in [0, 0.1) is 11.3 Å². The minimum absolute atomic E-state index is 0.183. The van der Waals surface area contributed by atoms with Gasteiger partial charge in [0.1, 0.15) is 6.10 Å². The van der Waals surface area contributed by atoms with Gasteiger partial charge in [0.2, 0.25) is 0 Å². The minimum atomic E-state index is 0.183. The van der Waals surface area contributed by atoms with Gasteiger partial charge in [-0.1, -0.05) is 26.7 Å². The maximum absolute atomic E-state index is 6.00. The fraction of sp³-hybridized carbons (Fsp3) is 0.950. The molecule has 3 aliphatic rings. The molecule has 3 rings (SSSR count). The topological polar surface area (TPSA) is 46.1 Å². The molecule has 2 heterocycles. The summed E-state index contributed by atoms with van der Waals surface area (Å²) in [5, 5.41) is 3.51. The molecule has 1 aliphatic carbocycles. The van der Waals surface area contributed by atoms with E-state index in [9.17, 15) is 0 Å². The van der Waals surface area contributed by atoms with E-state index in [1.165, 1.54) is 25.7 Å². The van der Waals surface area contributed by atoms with Crippen molar-refractivity contribution < 1.29 is 9.47 Å². The molecule has 0 aromatic heterocycles. The van der Waals surface area contributed by atoms with Crippen LogP contribution in [0.25, 0.3) is 0 Å². The summed E-state index contributed by atoms with van der Waals surface area (Å²) >= 11 is 0. The van der Waals surface area contributed by atoms with Crippen LogP contribution in [-0.4, -0.2) is 62.5 Å². The fourth-order valence-corrected chi connectivity index (χ4v) is 4.53. The van der Waals surface area contributed by atoms with Gasteiger partial charge in [-0.15, -0.1) is 0 Å². The number of hydrogen-bond donors (Lipinski definition) is 1. The van der Waals surface area contributed by atoms with E-state index < -0.39 is 0 Å². The average molecular weight is 352 g/mol. The molecule has 2 saturated heterocycles. The van der Waals surface area contributed by atoms with Gasteiger partial charge in [-0.05, 0) is 43.9 Å². The number of ether oxygens (including phenoxy) is 2. The first kappa shape index (κ1) is 19.0. The number of guanidine groups is 1. The molecule has 0 bridgehead atoms. The van der Waals surface area contributed by atoms with Crippen molar-refractivity contribution in [3.05, 3.63) is 0 Å². The average Bonchev–Trinajstić information content (AvgIpc) is 3.32. The summed E-state index contributed by atoms with van der Waals surface area (Å²) in [7, 11) is 0. The van der Waals surface area contributed by atoms with Crippen LogP contribution in [0.15, 0.2) is 4.99 Å². The number of nitrogens with zero attached hydrogens (tertiary/aromatic N) is 2. The molecule has 2 atom stereocenters. The number of nitrogens with one attached hydrogen (secondary N) is 1. The predicted molar refractivity (Wildman–Crippen MR) is 102 cm³/mol. The van der Waals surface area contributed by atoms with Gasteiger partial charge in [-0.3, -0.25) is 4.99 Å². The van der Waals surface area contributed by atoms with Gasteiger partial charge in [0, 0.05) is 32.8 Å². The molecule has 1 N–H and O–H groups in total. The summed E-state index contributed by atoms with van der Waals surface area (Å²) in [5.41, 5.74) is 0.289. The normalized spacial score (nSPS) is 29.4. The molecule has 1 saturated carbocycles.